The van der Waals surface area contributed by atoms with Crippen LogP contribution in [0.4, 0.5) is 0 Å². The second kappa shape index (κ2) is 8.04. The molecule has 0 saturated heterocycles. The van der Waals surface area contributed by atoms with Gasteiger partial charge in [-0.25, -0.2) is 0 Å². The number of hydrogen-bond acceptors (Lipinski definition) is 4. The molecule has 0 aliphatic carbocycles. The van der Waals surface area contributed by atoms with Gasteiger partial charge in [-0.15, -0.1) is 0 Å². The molecule has 0 unspecified atom stereocenters. The number of benzene rings is 2. The molecule has 3 aromatic rings. The summed E-state index contributed by atoms with van der Waals surface area (Å²) in [5.41, 5.74) is 0.725. The van der Waals surface area contributed by atoms with E-state index in [1.54, 1.807) is 18.2 Å². The maximum absolute atomic E-state index is 12.4. The third-order valence-corrected chi connectivity index (χ3v) is 3.89. The molecule has 2 aromatic carbocycles. The summed E-state index contributed by atoms with van der Waals surface area (Å²) in [5, 5.41) is 14.1. The molecule has 26 heavy (non-hydrogen) atoms. The molecule has 5 nitrogen and oxygen atoms in total. The highest BCUT2D eigenvalue weighted by Gasteiger charge is 2.13. The van der Waals surface area contributed by atoms with Gasteiger partial charge >= 0.3 is 0 Å². The minimum atomic E-state index is -0.459. The Bertz CT molecular complexity index is 982. The zero-order chi connectivity index (χ0) is 18.4. The SMILES string of the molecule is CCOc1ccc2ccccc2c1/C=C(\C#N)C(=O)NCc1ccco1. The Kier molecular flexibility index (Phi) is 5.35. The van der Waals surface area contributed by atoms with E-state index in [4.69, 9.17) is 9.15 Å². The van der Waals surface area contributed by atoms with Crippen LogP contribution in [0.3, 0.4) is 0 Å². The first-order chi connectivity index (χ1) is 12.7. The van der Waals surface area contributed by atoms with Crippen molar-refractivity contribution in [3.05, 3.63) is 71.7 Å². The predicted molar refractivity (Wildman–Crippen MR) is 99.3 cm³/mol. The Morgan fingerprint density at radius 1 is 1.23 bits per heavy atom. The quantitative estimate of drug-likeness (QED) is 0.539. The summed E-state index contributed by atoms with van der Waals surface area (Å²) in [6.45, 7) is 2.61. The van der Waals surface area contributed by atoms with Crippen LogP contribution in [0.1, 0.15) is 18.2 Å². The Morgan fingerprint density at radius 2 is 2.08 bits per heavy atom. The summed E-state index contributed by atoms with van der Waals surface area (Å²) in [6.07, 6.45) is 3.11. The van der Waals surface area contributed by atoms with Crippen molar-refractivity contribution < 1.29 is 13.9 Å². The van der Waals surface area contributed by atoms with Gasteiger partial charge in [0, 0.05) is 5.56 Å². The monoisotopic (exact) mass is 346 g/mol. The number of nitrogens with zero attached hydrogens (tertiary/aromatic N) is 1. The lowest BCUT2D eigenvalue weighted by atomic mass is 10.0. The molecule has 0 bridgehead atoms. The van der Waals surface area contributed by atoms with Gasteiger partial charge in [0.15, 0.2) is 0 Å². The Hall–Kier alpha value is -3.52. The molecule has 0 aliphatic rings. The Balaban J connectivity index is 1.96. The molecular formula is C21H18N2O3. The van der Waals surface area contributed by atoms with Gasteiger partial charge in [-0.1, -0.05) is 30.3 Å². The number of nitrogens with one attached hydrogen (secondary N) is 1. The number of amides is 1. The van der Waals surface area contributed by atoms with E-state index in [2.05, 4.69) is 5.32 Å². The van der Waals surface area contributed by atoms with Crippen molar-refractivity contribution in [3.63, 3.8) is 0 Å². The maximum Gasteiger partial charge on any atom is 0.262 e. The van der Waals surface area contributed by atoms with Crippen LogP contribution in [0.2, 0.25) is 0 Å². The van der Waals surface area contributed by atoms with E-state index in [1.807, 2.05) is 49.4 Å². The van der Waals surface area contributed by atoms with E-state index in [0.29, 0.717) is 18.1 Å². The van der Waals surface area contributed by atoms with Gasteiger partial charge < -0.3 is 14.5 Å². The highest BCUT2D eigenvalue weighted by molar-refractivity contribution is 6.04. The summed E-state index contributed by atoms with van der Waals surface area (Å²) in [7, 11) is 0. The van der Waals surface area contributed by atoms with E-state index in [1.165, 1.54) is 6.26 Å². The smallest absolute Gasteiger partial charge is 0.262 e. The molecule has 0 aliphatic heterocycles. The maximum atomic E-state index is 12.4. The van der Waals surface area contributed by atoms with Crippen molar-refractivity contribution in [2.24, 2.45) is 0 Å². The van der Waals surface area contributed by atoms with Gasteiger partial charge in [-0.2, -0.15) is 5.26 Å². The average molecular weight is 346 g/mol. The molecule has 0 atom stereocenters. The molecule has 1 amide bonds. The van der Waals surface area contributed by atoms with Gasteiger partial charge in [0.2, 0.25) is 0 Å². The third kappa shape index (κ3) is 3.76. The molecule has 3 rings (SSSR count). The number of rotatable bonds is 6. The molecule has 1 aromatic heterocycles. The van der Waals surface area contributed by atoms with Crippen LogP contribution in [-0.2, 0) is 11.3 Å². The second-order valence-corrected chi connectivity index (χ2v) is 5.56. The number of carbonyl (C=O) groups excluding carboxylic acids is 1. The molecule has 0 fully saturated rings. The van der Waals surface area contributed by atoms with Crippen LogP contribution in [0, 0.1) is 11.3 Å². The molecule has 0 radical (unpaired) electrons. The van der Waals surface area contributed by atoms with Crippen molar-refractivity contribution in [1.82, 2.24) is 5.32 Å². The lowest BCUT2D eigenvalue weighted by molar-refractivity contribution is -0.117. The normalized spacial score (nSPS) is 11.2. The first-order valence-corrected chi connectivity index (χ1v) is 8.30. The average Bonchev–Trinajstić information content (AvgIpc) is 3.19. The third-order valence-electron chi connectivity index (χ3n) is 3.89. The fourth-order valence-electron chi connectivity index (χ4n) is 2.67. The van der Waals surface area contributed by atoms with Gasteiger partial charge in [-0.3, -0.25) is 4.79 Å². The summed E-state index contributed by atoms with van der Waals surface area (Å²) < 4.78 is 10.9. The number of carbonyl (C=O) groups is 1. The van der Waals surface area contributed by atoms with Crippen LogP contribution in [0.15, 0.2) is 64.8 Å². The van der Waals surface area contributed by atoms with Crippen molar-refractivity contribution in [2.45, 2.75) is 13.5 Å². The van der Waals surface area contributed by atoms with Crippen molar-refractivity contribution in [2.75, 3.05) is 6.61 Å². The number of nitriles is 1. The summed E-state index contributed by atoms with van der Waals surface area (Å²) in [4.78, 5) is 12.4. The van der Waals surface area contributed by atoms with E-state index in [0.717, 1.165) is 16.3 Å². The number of fused-ring (bicyclic) bond motifs is 1. The molecule has 130 valence electrons. The summed E-state index contributed by atoms with van der Waals surface area (Å²) in [6, 6.07) is 17.1. The van der Waals surface area contributed by atoms with E-state index in [9.17, 15) is 10.1 Å². The highest BCUT2D eigenvalue weighted by Crippen LogP contribution is 2.30. The number of ether oxygens (including phenoxy) is 1. The lowest BCUT2D eigenvalue weighted by Crippen LogP contribution is -2.23. The van der Waals surface area contributed by atoms with Gasteiger partial charge in [0.05, 0.1) is 19.4 Å². The van der Waals surface area contributed by atoms with Crippen molar-refractivity contribution in [1.29, 1.82) is 5.26 Å². The summed E-state index contributed by atoms with van der Waals surface area (Å²) in [5.74, 6) is 0.799. The van der Waals surface area contributed by atoms with Gasteiger partial charge in [0.1, 0.15) is 23.2 Å². The lowest BCUT2D eigenvalue weighted by Gasteiger charge is -2.11. The van der Waals surface area contributed by atoms with Gasteiger partial charge in [0.25, 0.3) is 5.91 Å². The molecule has 0 spiro atoms. The van der Waals surface area contributed by atoms with Crippen molar-refractivity contribution in [3.8, 4) is 11.8 Å². The zero-order valence-electron chi connectivity index (χ0n) is 14.4. The highest BCUT2D eigenvalue weighted by atomic mass is 16.5. The molecule has 1 heterocycles. The summed E-state index contributed by atoms with van der Waals surface area (Å²) >= 11 is 0. The zero-order valence-corrected chi connectivity index (χ0v) is 14.4. The predicted octanol–water partition coefficient (Wildman–Crippen LogP) is 4.05. The molecule has 5 heteroatoms. The van der Waals surface area contributed by atoms with E-state index >= 15 is 0 Å². The van der Waals surface area contributed by atoms with Gasteiger partial charge in [-0.05, 0) is 42.0 Å². The number of hydrogen-bond donors (Lipinski definition) is 1. The minimum Gasteiger partial charge on any atom is -0.493 e. The fraction of sp³-hybridized carbons (Fsp3) is 0.143. The van der Waals surface area contributed by atoms with Crippen molar-refractivity contribution >= 4 is 22.8 Å². The van der Waals surface area contributed by atoms with Crippen LogP contribution in [0.5, 0.6) is 5.75 Å². The van der Waals surface area contributed by atoms with Crippen LogP contribution in [-0.4, -0.2) is 12.5 Å². The second-order valence-electron chi connectivity index (χ2n) is 5.56. The standard InChI is InChI=1S/C21H18N2O3/c1-2-25-20-10-9-15-6-3-4-8-18(15)19(20)12-16(13-22)21(24)23-14-17-7-5-11-26-17/h3-12H,2,14H2,1H3,(H,23,24)/b16-12+. The fourth-order valence-corrected chi connectivity index (χ4v) is 2.67. The molecule has 1 N–H and O–H groups in total. The minimum absolute atomic E-state index is 0.00821. The first kappa shape index (κ1) is 17.3. The van der Waals surface area contributed by atoms with E-state index < -0.39 is 5.91 Å². The Morgan fingerprint density at radius 3 is 2.81 bits per heavy atom. The largest absolute Gasteiger partial charge is 0.493 e. The van der Waals surface area contributed by atoms with Crippen LogP contribution >= 0.6 is 0 Å². The topological polar surface area (TPSA) is 75.3 Å². The molecular weight excluding hydrogens is 328 g/mol. The van der Waals surface area contributed by atoms with Crippen LogP contribution < -0.4 is 10.1 Å². The number of furan rings is 1. The Labute approximate surface area is 151 Å². The van der Waals surface area contributed by atoms with E-state index in [-0.39, 0.29) is 12.1 Å². The van der Waals surface area contributed by atoms with Crippen LogP contribution in [0.25, 0.3) is 16.8 Å². The molecule has 0 saturated carbocycles. The first-order valence-electron chi connectivity index (χ1n) is 8.30.